The van der Waals surface area contributed by atoms with Crippen molar-refractivity contribution in [3.8, 4) is 0 Å². The topological polar surface area (TPSA) is 62.0 Å². The second kappa shape index (κ2) is 7.85. The fraction of sp³-hybridized carbons (Fsp3) is 0.571. The lowest BCUT2D eigenvalue weighted by molar-refractivity contribution is -0.137. The number of pyridine rings is 1. The van der Waals surface area contributed by atoms with Crippen molar-refractivity contribution in [1.29, 1.82) is 0 Å². The molecule has 1 aromatic heterocycles. The van der Waals surface area contributed by atoms with E-state index >= 15 is 0 Å². The fourth-order valence-corrected chi connectivity index (χ4v) is 1.84. The summed E-state index contributed by atoms with van der Waals surface area (Å²) in [7, 11) is 0. The molecule has 1 heterocycles. The van der Waals surface area contributed by atoms with Gasteiger partial charge in [-0.1, -0.05) is 32.6 Å². The third kappa shape index (κ3) is 6.01. The van der Waals surface area contributed by atoms with Crippen LogP contribution < -0.4 is 10.9 Å². The van der Waals surface area contributed by atoms with E-state index in [0.717, 1.165) is 25.7 Å². The van der Waals surface area contributed by atoms with Crippen molar-refractivity contribution in [3.63, 3.8) is 0 Å². The summed E-state index contributed by atoms with van der Waals surface area (Å²) in [5.74, 6) is -0.448. The molecular formula is C14H19F3N2O2. The number of halogens is 3. The number of hydrogen-bond acceptors (Lipinski definition) is 2. The highest BCUT2D eigenvalue weighted by atomic mass is 19.4. The van der Waals surface area contributed by atoms with Gasteiger partial charge in [0.05, 0.1) is 5.56 Å². The van der Waals surface area contributed by atoms with Crippen LogP contribution in [0.2, 0.25) is 0 Å². The maximum Gasteiger partial charge on any atom is 0.417 e. The molecule has 0 atom stereocenters. The minimum atomic E-state index is -4.57. The molecule has 0 fully saturated rings. The van der Waals surface area contributed by atoms with Gasteiger partial charge in [0, 0.05) is 12.6 Å². The largest absolute Gasteiger partial charge is 0.417 e. The first-order valence-electron chi connectivity index (χ1n) is 6.94. The van der Waals surface area contributed by atoms with Gasteiger partial charge in [0.2, 0.25) is 5.91 Å². The van der Waals surface area contributed by atoms with Crippen LogP contribution in [0.15, 0.2) is 17.1 Å². The molecule has 0 aromatic carbocycles. The van der Waals surface area contributed by atoms with Gasteiger partial charge in [0.1, 0.15) is 5.69 Å². The Labute approximate surface area is 120 Å². The molecule has 4 nitrogen and oxygen atoms in total. The summed E-state index contributed by atoms with van der Waals surface area (Å²) in [6.45, 7) is 2.08. The highest BCUT2D eigenvalue weighted by Crippen LogP contribution is 2.29. The van der Waals surface area contributed by atoms with E-state index in [0.29, 0.717) is 18.7 Å². The molecule has 1 aromatic rings. The van der Waals surface area contributed by atoms with Crippen molar-refractivity contribution in [1.82, 2.24) is 4.98 Å². The lowest BCUT2D eigenvalue weighted by Crippen LogP contribution is -2.21. The van der Waals surface area contributed by atoms with Crippen LogP contribution in [0, 0.1) is 0 Å². The van der Waals surface area contributed by atoms with Gasteiger partial charge in [-0.05, 0) is 12.5 Å². The molecule has 0 radical (unpaired) electrons. The van der Waals surface area contributed by atoms with Crippen molar-refractivity contribution < 1.29 is 18.0 Å². The van der Waals surface area contributed by atoms with E-state index in [-0.39, 0.29) is 12.1 Å². The van der Waals surface area contributed by atoms with Crippen LogP contribution in [-0.4, -0.2) is 10.9 Å². The van der Waals surface area contributed by atoms with Gasteiger partial charge in [-0.3, -0.25) is 9.59 Å². The number of carbonyl (C=O) groups is 1. The molecule has 0 aliphatic carbocycles. The second-order valence-electron chi connectivity index (χ2n) is 4.84. The summed E-state index contributed by atoms with van der Waals surface area (Å²) in [6, 6.07) is 0.647. The Morgan fingerprint density at radius 1 is 1.24 bits per heavy atom. The standard InChI is InChI=1S/C14H19F3N2O2/c1-2-3-4-5-6-7-12(20)19-11-8-10(14(15,16)17)9-18-13(11)21/h8-9H,2-7H2,1H3,(H,18,21)(H,19,20). The number of aromatic nitrogens is 1. The molecule has 0 unspecified atom stereocenters. The highest BCUT2D eigenvalue weighted by molar-refractivity contribution is 5.90. The first kappa shape index (κ1) is 17.3. The average Bonchev–Trinajstić information content (AvgIpc) is 2.40. The van der Waals surface area contributed by atoms with Crippen molar-refractivity contribution in [2.75, 3.05) is 5.32 Å². The third-order valence-electron chi connectivity index (χ3n) is 3.01. The number of aromatic amines is 1. The Balaban J connectivity index is 2.58. The van der Waals surface area contributed by atoms with Gasteiger partial charge in [-0.15, -0.1) is 0 Å². The Kier molecular flexibility index (Phi) is 6.45. The number of alkyl halides is 3. The zero-order chi connectivity index (χ0) is 15.9. The maximum absolute atomic E-state index is 12.5. The van der Waals surface area contributed by atoms with Crippen LogP contribution in [0.5, 0.6) is 0 Å². The highest BCUT2D eigenvalue weighted by Gasteiger charge is 2.31. The molecule has 118 valence electrons. The summed E-state index contributed by atoms with van der Waals surface area (Å²) < 4.78 is 37.6. The molecule has 0 bridgehead atoms. The molecule has 7 heteroatoms. The predicted octanol–water partition coefficient (Wildman–Crippen LogP) is 3.69. The lowest BCUT2D eigenvalue weighted by Gasteiger charge is -2.09. The quantitative estimate of drug-likeness (QED) is 0.755. The Morgan fingerprint density at radius 3 is 2.52 bits per heavy atom. The number of anilines is 1. The van der Waals surface area contributed by atoms with Gasteiger partial charge in [-0.25, -0.2) is 0 Å². The number of nitrogens with one attached hydrogen (secondary N) is 2. The molecular weight excluding hydrogens is 285 g/mol. The van der Waals surface area contributed by atoms with Gasteiger partial charge in [0.15, 0.2) is 0 Å². The van der Waals surface area contributed by atoms with E-state index in [4.69, 9.17) is 0 Å². The molecule has 0 spiro atoms. The van der Waals surface area contributed by atoms with E-state index in [1.807, 2.05) is 4.98 Å². The molecule has 21 heavy (non-hydrogen) atoms. The monoisotopic (exact) mass is 304 g/mol. The lowest BCUT2D eigenvalue weighted by atomic mass is 10.1. The molecule has 1 rings (SSSR count). The van der Waals surface area contributed by atoms with Crippen molar-refractivity contribution >= 4 is 11.6 Å². The summed E-state index contributed by atoms with van der Waals surface area (Å²) in [6.07, 6.45) is 0.962. The first-order chi connectivity index (χ1) is 9.84. The van der Waals surface area contributed by atoms with Crippen molar-refractivity contribution in [3.05, 3.63) is 28.2 Å². The normalized spacial score (nSPS) is 11.4. The zero-order valence-corrected chi connectivity index (χ0v) is 11.8. The van der Waals surface area contributed by atoms with Crippen LogP contribution >= 0.6 is 0 Å². The second-order valence-corrected chi connectivity index (χ2v) is 4.84. The first-order valence-corrected chi connectivity index (χ1v) is 6.94. The van der Waals surface area contributed by atoms with Crippen LogP contribution in [0.4, 0.5) is 18.9 Å². The van der Waals surface area contributed by atoms with Crippen LogP contribution in [0.3, 0.4) is 0 Å². The zero-order valence-electron chi connectivity index (χ0n) is 11.8. The summed E-state index contributed by atoms with van der Waals surface area (Å²) >= 11 is 0. The molecule has 0 saturated carbocycles. The molecule has 2 N–H and O–H groups in total. The van der Waals surface area contributed by atoms with E-state index in [1.54, 1.807) is 0 Å². The Hall–Kier alpha value is -1.79. The summed E-state index contributed by atoms with van der Waals surface area (Å²) in [4.78, 5) is 25.0. The minimum Gasteiger partial charge on any atom is -0.327 e. The SMILES string of the molecule is CCCCCCCC(=O)Nc1cc(C(F)(F)F)c[nH]c1=O. The maximum atomic E-state index is 12.5. The number of H-pyrrole nitrogens is 1. The van der Waals surface area contributed by atoms with Crippen molar-refractivity contribution in [2.45, 2.75) is 51.6 Å². The summed E-state index contributed by atoms with van der Waals surface area (Å²) in [5, 5.41) is 2.23. The van der Waals surface area contributed by atoms with E-state index in [9.17, 15) is 22.8 Å². The number of rotatable bonds is 7. The van der Waals surface area contributed by atoms with Crippen LogP contribution in [-0.2, 0) is 11.0 Å². The van der Waals surface area contributed by atoms with E-state index in [2.05, 4.69) is 12.2 Å². The van der Waals surface area contributed by atoms with E-state index in [1.165, 1.54) is 0 Å². The van der Waals surface area contributed by atoms with Crippen LogP contribution in [0.1, 0.15) is 51.0 Å². The molecule has 0 aliphatic heterocycles. The van der Waals surface area contributed by atoms with Gasteiger partial charge in [0.25, 0.3) is 5.56 Å². The molecule has 0 saturated heterocycles. The fourth-order valence-electron chi connectivity index (χ4n) is 1.84. The number of unbranched alkanes of at least 4 members (excludes halogenated alkanes) is 4. The minimum absolute atomic E-state index is 0.194. The van der Waals surface area contributed by atoms with E-state index < -0.39 is 23.2 Å². The Bertz CT molecular complexity index is 524. The van der Waals surface area contributed by atoms with Gasteiger partial charge < -0.3 is 10.3 Å². The molecule has 0 aliphatic rings. The third-order valence-corrected chi connectivity index (χ3v) is 3.01. The number of amides is 1. The van der Waals surface area contributed by atoms with Gasteiger partial charge >= 0.3 is 6.18 Å². The smallest absolute Gasteiger partial charge is 0.327 e. The summed E-state index contributed by atoms with van der Waals surface area (Å²) in [5.41, 5.74) is -2.12. The van der Waals surface area contributed by atoms with Crippen molar-refractivity contribution in [2.24, 2.45) is 0 Å². The Morgan fingerprint density at radius 2 is 1.90 bits per heavy atom. The molecule has 1 amide bonds. The number of carbonyl (C=O) groups excluding carboxylic acids is 1. The van der Waals surface area contributed by atoms with Gasteiger partial charge in [-0.2, -0.15) is 13.2 Å². The predicted molar refractivity (Wildman–Crippen MR) is 74.1 cm³/mol. The van der Waals surface area contributed by atoms with Crippen LogP contribution in [0.25, 0.3) is 0 Å². The number of hydrogen-bond donors (Lipinski definition) is 2. The average molecular weight is 304 g/mol.